The zero-order valence-electron chi connectivity index (χ0n) is 7.16. The van der Waals surface area contributed by atoms with Crippen LogP contribution in [0.4, 0.5) is 0 Å². The van der Waals surface area contributed by atoms with E-state index in [0.717, 1.165) is 10.7 Å². The summed E-state index contributed by atoms with van der Waals surface area (Å²) in [6, 6.07) is 0. The first-order chi connectivity index (χ1) is 5.59. The molecule has 12 heavy (non-hydrogen) atoms. The average molecular weight is 184 g/mol. The molecule has 1 aromatic rings. The van der Waals surface area contributed by atoms with Gasteiger partial charge in [0.25, 0.3) is 0 Å². The molecule has 1 rings (SSSR count). The van der Waals surface area contributed by atoms with Gasteiger partial charge in [0.2, 0.25) is 0 Å². The molecule has 4 N–H and O–H groups in total. The van der Waals surface area contributed by atoms with Crippen LogP contribution in [0.2, 0.25) is 0 Å². The molecule has 0 unspecified atom stereocenters. The summed E-state index contributed by atoms with van der Waals surface area (Å²) in [7, 11) is 0. The SMILES string of the molecule is Cc1nc(CN=C(N)N)sc1C. The molecular weight excluding hydrogens is 172 g/mol. The van der Waals surface area contributed by atoms with Gasteiger partial charge >= 0.3 is 0 Å². The fraction of sp³-hybridized carbons (Fsp3) is 0.429. The van der Waals surface area contributed by atoms with Crippen LogP contribution >= 0.6 is 11.3 Å². The third-order valence-electron chi connectivity index (χ3n) is 1.47. The molecular formula is C7H12N4S. The van der Waals surface area contributed by atoms with E-state index in [1.807, 2.05) is 13.8 Å². The molecule has 0 radical (unpaired) electrons. The Bertz CT molecular complexity index is 279. The number of guanidine groups is 1. The number of hydrogen-bond acceptors (Lipinski definition) is 3. The van der Waals surface area contributed by atoms with Crippen LogP contribution in [0.5, 0.6) is 0 Å². The Kier molecular flexibility index (Phi) is 2.65. The largest absolute Gasteiger partial charge is 0.370 e. The fourth-order valence-corrected chi connectivity index (χ4v) is 1.62. The number of rotatable bonds is 2. The summed E-state index contributed by atoms with van der Waals surface area (Å²) in [6.45, 7) is 4.50. The van der Waals surface area contributed by atoms with Crippen molar-refractivity contribution in [3.05, 3.63) is 15.6 Å². The second-order valence-electron chi connectivity index (χ2n) is 2.49. The number of aryl methyl sites for hydroxylation is 2. The van der Waals surface area contributed by atoms with Crippen LogP contribution < -0.4 is 11.5 Å². The van der Waals surface area contributed by atoms with Crippen LogP contribution in [0.15, 0.2) is 4.99 Å². The highest BCUT2D eigenvalue weighted by Crippen LogP contribution is 2.16. The van der Waals surface area contributed by atoms with Gasteiger partial charge in [-0.15, -0.1) is 11.3 Å². The van der Waals surface area contributed by atoms with Gasteiger partial charge in [-0.1, -0.05) is 0 Å². The summed E-state index contributed by atoms with van der Waals surface area (Å²) in [4.78, 5) is 9.37. The number of aromatic nitrogens is 1. The predicted molar refractivity (Wildman–Crippen MR) is 51.1 cm³/mol. The van der Waals surface area contributed by atoms with E-state index in [4.69, 9.17) is 11.5 Å². The lowest BCUT2D eigenvalue weighted by Crippen LogP contribution is -2.22. The van der Waals surface area contributed by atoms with Gasteiger partial charge in [0, 0.05) is 4.88 Å². The Morgan fingerprint density at radius 2 is 2.17 bits per heavy atom. The van der Waals surface area contributed by atoms with Crippen molar-refractivity contribution in [3.8, 4) is 0 Å². The molecule has 0 amide bonds. The van der Waals surface area contributed by atoms with Gasteiger partial charge in [-0.2, -0.15) is 0 Å². The highest BCUT2D eigenvalue weighted by atomic mass is 32.1. The number of nitrogens with two attached hydrogens (primary N) is 2. The Hall–Kier alpha value is -1.10. The molecule has 1 aromatic heterocycles. The lowest BCUT2D eigenvalue weighted by molar-refractivity contribution is 1.01. The maximum absolute atomic E-state index is 5.19. The van der Waals surface area contributed by atoms with Gasteiger partial charge in [-0.25, -0.2) is 9.98 Å². The van der Waals surface area contributed by atoms with E-state index in [-0.39, 0.29) is 5.96 Å². The molecule has 0 aliphatic heterocycles. The maximum atomic E-state index is 5.19. The van der Waals surface area contributed by atoms with Crippen LogP contribution in [0, 0.1) is 13.8 Å². The van der Waals surface area contributed by atoms with Gasteiger partial charge in [-0.3, -0.25) is 0 Å². The molecule has 5 heteroatoms. The van der Waals surface area contributed by atoms with Crippen LogP contribution in [0.3, 0.4) is 0 Å². The molecule has 0 aromatic carbocycles. The lowest BCUT2D eigenvalue weighted by atomic mass is 10.4. The van der Waals surface area contributed by atoms with E-state index < -0.39 is 0 Å². The Labute approximate surface area is 75.3 Å². The van der Waals surface area contributed by atoms with E-state index in [0.29, 0.717) is 6.54 Å². The first-order valence-electron chi connectivity index (χ1n) is 3.58. The Morgan fingerprint density at radius 3 is 2.58 bits per heavy atom. The normalized spacial score (nSPS) is 9.83. The molecule has 0 aliphatic rings. The predicted octanol–water partition coefficient (Wildman–Crippen LogP) is 0.533. The minimum absolute atomic E-state index is 0.112. The van der Waals surface area contributed by atoms with E-state index >= 15 is 0 Å². The molecule has 0 spiro atoms. The van der Waals surface area contributed by atoms with Crippen LogP contribution in [0.1, 0.15) is 15.6 Å². The third-order valence-corrected chi connectivity index (χ3v) is 2.53. The summed E-state index contributed by atoms with van der Waals surface area (Å²) >= 11 is 1.63. The molecule has 1 heterocycles. The molecule has 0 aliphatic carbocycles. The van der Waals surface area contributed by atoms with E-state index in [1.165, 1.54) is 4.88 Å². The summed E-state index contributed by atoms with van der Waals surface area (Å²) in [6.07, 6.45) is 0. The first kappa shape index (κ1) is 8.99. The maximum Gasteiger partial charge on any atom is 0.186 e. The molecule has 0 fully saturated rings. The van der Waals surface area contributed by atoms with Gasteiger partial charge < -0.3 is 11.5 Å². The van der Waals surface area contributed by atoms with Gasteiger partial charge in [0.1, 0.15) is 5.01 Å². The summed E-state index contributed by atoms with van der Waals surface area (Å²) in [5.74, 6) is 0.112. The zero-order chi connectivity index (χ0) is 9.14. The topological polar surface area (TPSA) is 77.3 Å². The summed E-state index contributed by atoms with van der Waals surface area (Å²) in [5, 5.41) is 0.957. The highest BCUT2D eigenvalue weighted by molar-refractivity contribution is 7.11. The van der Waals surface area contributed by atoms with Crippen LogP contribution in [0.25, 0.3) is 0 Å². The minimum Gasteiger partial charge on any atom is -0.370 e. The van der Waals surface area contributed by atoms with E-state index in [9.17, 15) is 0 Å². The standard InChI is InChI=1S/C7H12N4S/c1-4-5(2)12-6(11-4)3-10-7(8)9/h3H2,1-2H3,(H4,8,9,10). The molecule has 0 saturated carbocycles. The van der Waals surface area contributed by atoms with Crippen molar-refractivity contribution in [1.82, 2.24) is 4.98 Å². The molecule has 0 atom stereocenters. The molecule has 4 nitrogen and oxygen atoms in total. The van der Waals surface area contributed by atoms with Crippen molar-refractivity contribution in [1.29, 1.82) is 0 Å². The smallest absolute Gasteiger partial charge is 0.186 e. The quantitative estimate of drug-likeness (QED) is 0.520. The third kappa shape index (κ3) is 2.20. The van der Waals surface area contributed by atoms with Crippen LogP contribution in [-0.2, 0) is 6.54 Å². The number of hydrogen-bond donors (Lipinski definition) is 2. The fourth-order valence-electron chi connectivity index (χ4n) is 0.766. The van der Waals surface area contributed by atoms with Gasteiger partial charge in [0.05, 0.1) is 12.2 Å². The van der Waals surface area contributed by atoms with Crippen molar-refractivity contribution in [3.63, 3.8) is 0 Å². The Balaban J connectivity index is 2.71. The highest BCUT2D eigenvalue weighted by Gasteiger charge is 2.01. The molecule has 0 saturated heterocycles. The van der Waals surface area contributed by atoms with Crippen molar-refractivity contribution in [2.45, 2.75) is 20.4 Å². The second-order valence-corrected chi connectivity index (χ2v) is 3.78. The Morgan fingerprint density at radius 1 is 1.50 bits per heavy atom. The van der Waals surface area contributed by atoms with Gasteiger partial charge in [0.15, 0.2) is 5.96 Å². The number of thiazole rings is 1. The van der Waals surface area contributed by atoms with Crippen molar-refractivity contribution >= 4 is 17.3 Å². The summed E-state index contributed by atoms with van der Waals surface area (Å²) in [5.41, 5.74) is 11.4. The number of aliphatic imine (C=N–C) groups is 1. The van der Waals surface area contributed by atoms with Crippen molar-refractivity contribution in [2.24, 2.45) is 16.5 Å². The monoisotopic (exact) mass is 184 g/mol. The minimum atomic E-state index is 0.112. The van der Waals surface area contributed by atoms with E-state index in [1.54, 1.807) is 11.3 Å². The number of nitrogens with zero attached hydrogens (tertiary/aromatic N) is 2. The van der Waals surface area contributed by atoms with Crippen molar-refractivity contribution < 1.29 is 0 Å². The zero-order valence-corrected chi connectivity index (χ0v) is 7.98. The van der Waals surface area contributed by atoms with Crippen molar-refractivity contribution in [2.75, 3.05) is 0 Å². The molecule has 0 bridgehead atoms. The second kappa shape index (κ2) is 3.53. The van der Waals surface area contributed by atoms with E-state index in [2.05, 4.69) is 9.98 Å². The van der Waals surface area contributed by atoms with Gasteiger partial charge in [-0.05, 0) is 13.8 Å². The average Bonchev–Trinajstić information content (AvgIpc) is 2.28. The first-order valence-corrected chi connectivity index (χ1v) is 4.39. The molecule has 66 valence electrons. The van der Waals surface area contributed by atoms with Crippen LogP contribution in [-0.4, -0.2) is 10.9 Å². The summed E-state index contributed by atoms with van der Waals surface area (Å²) < 4.78 is 0. The lowest BCUT2D eigenvalue weighted by Gasteiger charge is -1.89.